The molecule has 2 rings (SSSR count). The van der Waals surface area contributed by atoms with Crippen molar-refractivity contribution < 1.29 is 13.2 Å². The van der Waals surface area contributed by atoms with Crippen molar-refractivity contribution in [1.29, 1.82) is 0 Å². The molecule has 130 valence electrons. The molecule has 0 saturated heterocycles. The van der Waals surface area contributed by atoms with Crippen LogP contribution in [0.25, 0.3) is 0 Å². The second kappa shape index (κ2) is 7.94. The zero-order valence-electron chi connectivity index (χ0n) is 14.4. The molecule has 24 heavy (non-hydrogen) atoms. The SMILES string of the molecule is CCSc1ccccc1NS(=O)(=O)c1ccc(OC)c(C(C)C)c1. The van der Waals surface area contributed by atoms with Crippen LogP contribution in [0.15, 0.2) is 52.3 Å². The molecule has 0 aliphatic rings. The second-order valence-corrected chi connectivity index (χ2v) is 8.58. The lowest BCUT2D eigenvalue weighted by molar-refractivity contribution is 0.407. The largest absolute Gasteiger partial charge is 0.496 e. The van der Waals surface area contributed by atoms with Crippen LogP contribution < -0.4 is 9.46 Å². The predicted octanol–water partition coefficient (Wildman–Crippen LogP) is 4.73. The molecule has 0 bridgehead atoms. The van der Waals surface area contributed by atoms with Crippen molar-refractivity contribution in [3.05, 3.63) is 48.0 Å². The van der Waals surface area contributed by atoms with Gasteiger partial charge in [0.2, 0.25) is 0 Å². The lowest BCUT2D eigenvalue weighted by Gasteiger charge is -2.15. The summed E-state index contributed by atoms with van der Waals surface area (Å²) in [5, 5.41) is 0. The molecule has 0 aliphatic carbocycles. The highest BCUT2D eigenvalue weighted by atomic mass is 32.2. The molecule has 2 aromatic carbocycles. The molecule has 0 heterocycles. The van der Waals surface area contributed by atoms with E-state index in [0.29, 0.717) is 11.4 Å². The third kappa shape index (κ3) is 4.24. The van der Waals surface area contributed by atoms with E-state index in [4.69, 9.17) is 4.74 Å². The molecular formula is C18H23NO3S2. The number of methoxy groups -OCH3 is 1. The van der Waals surface area contributed by atoms with E-state index in [9.17, 15) is 8.42 Å². The summed E-state index contributed by atoms with van der Waals surface area (Å²) in [5.74, 6) is 1.74. The van der Waals surface area contributed by atoms with Crippen molar-refractivity contribution in [2.45, 2.75) is 36.5 Å². The Morgan fingerprint density at radius 1 is 1.17 bits per heavy atom. The summed E-state index contributed by atoms with van der Waals surface area (Å²) in [6.45, 7) is 6.05. The number of anilines is 1. The molecule has 0 spiro atoms. The molecular weight excluding hydrogens is 342 g/mol. The van der Waals surface area contributed by atoms with Crippen molar-refractivity contribution in [2.24, 2.45) is 0 Å². The van der Waals surface area contributed by atoms with E-state index in [0.717, 1.165) is 16.2 Å². The van der Waals surface area contributed by atoms with Gasteiger partial charge in [0.15, 0.2) is 0 Å². The van der Waals surface area contributed by atoms with Gasteiger partial charge < -0.3 is 4.74 Å². The molecule has 0 amide bonds. The molecule has 0 saturated carbocycles. The minimum absolute atomic E-state index is 0.165. The van der Waals surface area contributed by atoms with Crippen LogP contribution >= 0.6 is 11.8 Å². The summed E-state index contributed by atoms with van der Waals surface area (Å²) in [6, 6.07) is 12.4. The van der Waals surface area contributed by atoms with Crippen LogP contribution in [-0.2, 0) is 10.0 Å². The Morgan fingerprint density at radius 3 is 2.50 bits per heavy atom. The lowest BCUT2D eigenvalue weighted by Crippen LogP contribution is -2.14. The summed E-state index contributed by atoms with van der Waals surface area (Å²) in [4.78, 5) is 1.16. The van der Waals surface area contributed by atoms with E-state index in [1.165, 1.54) is 0 Å². The van der Waals surface area contributed by atoms with Crippen LogP contribution in [0, 0.1) is 0 Å². The number of para-hydroxylation sites is 1. The maximum Gasteiger partial charge on any atom is 0.261 e. The Morgan fingerprint density at radius 2 is 1.88 bits per heavy atom. The normalized spacial score (nSPS) is 11.5. The van der Waals surface area contributed by atoms with E-state index in [1.807, 2.05) is 39.0 Å². The average Bonchev–Trinajstić information content (AvgIpc) is 2.56. The summed E-state index contributed by atoms with van der Waals surface area (Å²) in [6.07, 6.45) is 0. The molecule has 0 fully saturated rings. The molecule has 0 radical (unpaired) electrons. The number of nitrogens with one attached hydrogen (secondary N) is 1. The van der Waals surface area contributed by atoms with Gasteiger partial charge in [-0.1, -0.05) is 32.9 Å². The van der Waals surface area contributed by atoms with Crippen LogP contribution in [0.1, 0.15) is 32.3 Å². The summed E-state index contributed by atoms with van der Waals surface area (Å²) >= 11 is 1.60. The van der Waals surface area contributed by atoms with Crippen molar-refractivity contribution in [3.8, 4) is 5.75 Å². The van der Waals surface area contributed by atoms with Gasteiger partial charge in [-0.3, -0.25) is 4.72 Å². The molecule has 0 atom stereocenters. The number of ether oxygens (including phenoxy) is 1. The number of thioether (sulfide) groups is 1. The topological polar surface area (TPSA) is 55.4 Å². The van der Waals surface area contributed by atoms with Gasteiger partial charge in [-0.25, -0.2) is 8.42 Å². The highest BCUT2D eigenvalue weighted by molar-refractivity contribution is 7.99. The van der Waals surface area contributed by atoms with Gasteiger partial charge in [-0.15, -0.1) is 11.8 Å². The predicted molar refractivity (Wildman–Crippen MR) is 101 cm³/mol. The molecule has 1 N–H and O–H groups in total. The highest BCUT2D eigenvalue weighted by Crippen LogP contribution is 2.31. The minimum Gasteiger partial charge on any atom is -0.496 e. The minimum atomic E-state index is -3.65. The fourth-order valence-corrected chi connectivity index (χ4v) is 4.31. The monoisotopic (exact) mass is 365 g/mol. The van der Waals surface area contributed by atoms with Crippen LogP contribution in [0.4, 0.5) is 5.69 Å². The van der Waals surface area contributed by atoms with Gasteiger partial charge in [0, 0.05) is 4.90 Å². The maximum atomic E-state index is 12.8. The van der Waals surface area contributed by atoms with E-state index in [1.54, 1.807) is 43.1 Å². The van der Waals surface area contributed by atoms with Gasteiger partial charge in [0.05, 0.1) is 17.7 Å². The van der Waals surface area contributed by atoms with Crippen LogP contribution in [-0.4, -0.2) is 21.3 Å². The smallest absolute Gasteiger partial charge is 0.261 e. The lowest BCUT2D eigenvalue weighted by atomic mass is 10.0. The van der Waals surface area contributed by atoms with Gasteiger partial charge >= 0.3 is 0 Å². The van der Waals surface area contributed by atoms with Gasteiger partial charge in [-0.2, -0.15) is 0 Å². The highest BCUT2D eigenvalue weighted by Gasteiger charge is 2.19. The standard InChI is InChI=1S/C18H23NO3S2/c1-5-23-18-9-7-6-8-16(18)19-24(20,21)14-10-11-17(22-4)15(12-14)13(2)3/h6-13,19H,5H2,1-4H3. The molecule has 0 aromatic heterocycles. The van der Waals surface area contributed by atoms with Crippen molar-refractivity contribution in [1.82, 2.24) is 0 Å². The fourth-order valence-electron chi connectivity index (χ4n) is 2.37. The third-order valence-corrected chi connectivity index (χ3v) is 5.88. The number of hydrogen-bond acceptors (Lipinski definition) is 4. The molecule has 0 aliphatic heterocycles. The van der Waals surface area contributed by atoms with E-state index < -0.39 is 10.0 Å². The van der Waals surface area contributed by atoms with Crippen molar-refractivity contribution >= 4 is 27.5 Å². The van der Waals surface area contributed by atoms with Crippen LogP contribution in [0.2, 0.25) is 0 Å². The van der Waals surface area contributed by atoms with E-state index in [-0.39, 0.29) is 10.8 Å². The summed E-state index contributed by atoms with van der Waals surface area (Å²) < 4.78 is 33.6. The molecule has 0 unspecified atom stereocenters. The van der Waals surface area contributed by atoms with Gasteiger partial charge in [-0.05, 0) is 47.6 Å². The molecule has 2 aromatic rings. The zero-order chi connectivity index (χ0) is 17.7. The van der Waals surface area contributed by atoms with Crippen molar-refractivity contribution in [3.63, 3.8) is 0 Å². The van der Waals surface area contributed by atoms with Crippen LogP contribution in [0.3, 0.4) is 0 Å². The number of rotatable bonds is 7. The Hall–Kier alpha value is -1.66. The Balaban J connectivity index is 2.40. The quantitative estimate of drug-likeness (QED) is 0.721. The first kappa shape index (κ1) is 18.7. The number of sulfonamides is 1. The second-order valence-electron chi connectivity index (χ2n) is 5.59. The van der Waals surface area contributed by atoms with Gasteiger partial charge in [0.25, 0.3) is 10.0 Å². The number of hydrogen-bond donors (Lipinski definition) is 1. The first-order valence-corrected chi connectivity index (χ1v) is 10.3. The first-order chi connectivity index (χ1) is 11.4. The van der Waals surface area contributed by atoms with E-state index in [2.05, 4.69) is 4.72 Å². The summed E-state index contributed by atoms with van der Waals surface area (Å²) in [5.41, 5.74) is 1.47. The van der Waals surface area contributed by atoms with Gasteiger partial charge in [0.1, 0.15) is 5.75 Å². The Bertz CT molecular complexity index is 802. The maximum absolute atomic E-state index is 12.8. The van der Waals surface area contributed by atoms with Crippen LogP contribution in [0.5, 0.6) is 5.75 Å². The fraction of sp³-hybridized carbons (Fsp3) is 0.333. The zero-order valence-corrected chi connectivity index (χ0v) is 16.0. The first-order valence-electron chi connectivity index (χ1n) is 7.81. The number of benzene rings is 2. The third-order valence-electron chi connectivity index (χ3n) is 3.56. The Kier molecular flexibility index (Phi) is 6.18. The molecule has 6 heteroatoms. The summed E-state index contributed by atoms with van der Waals surface area (Å²) in [7, 11) is -2.06. The average molecular weight is 366 g/mol. The Labute approximate surface area is 148 Å². The van der Waals surface area contributed by atoms with Crippen molar-refractivity contribution in [2.75, 3.05) is 17.6 Å². The molecule has 4 nitrogen and oxygen atoms in total. The van der Waals surface area contributed by atoms with E-state index >= 15 is 0 Å².